The first-order chi connectivity index (χ1) is 5.20. The zero-order valence-electron chi connectivity index (χ0n) is 6.59. The van der Waals surface area contributed by atoms with Gasteiger partial charge in [-0.2, -0.15) is 0 Å². The van der Waals surface area contributed by atoms with Crippen molar-refractivity contribution in [3.63, 3.8) is 0 Å². The van der Waals surface area contributed by atoms with E-state index in [0.717, 1.165) is 5.82 Å². The Balaban J connectivity index is 2.56. The van der Waals surface area contributed by atoms with Crippen molar-refractivity contribution in [2.45, 2.75) is 19.9 Å². The standard InChI is InChI=1S/C7H11N3O/c1-5(10-6(2)11)7-8-3-4-9-7/h3-5H,1-2H3,(H,8,9)(H,10,11). The highest BCUT2D eigenvalue weighted by Gasteiger charge is 2.06. The van der Waals surface area contributed by atoms with Gasteiger partial charge in [0.05, 0.1) is 6.04 Å². The number of nitrogens with zero attached hydrogens (tertiary/aromatic N) is 1. The summed E-state index contributed by atoms with van der Waals surface area (Å²) in [5.41, 5.74) is 0. The van der Waals surface area contributed by atoms with Gasteiger partial charge in [0.2, 0.25) is 5.91 Å². The Morgan fingerprint density at radius 3 is 3.00 bits per heavy atom. The maximum Gasteiger partial charge on any atom is 0.217 e. The molecular formula is C7H11N3O. The van der Waals surface area contributed by atoms with Gasteiger partial charge in [-0.1, -0.05) is 0 Å². The molecule has 0 aliphatic carbocycles. The van der Waals surface area contributed by atoms with Crippen molar-refractivity contribution in [2.75, 3.05) is 0 Å². The van der Waals surface area contributed by atoms with Crippen molar-refractivity contribution in [3.05, 3.63) is 18.2 Å². The SMILES string of the molecule is CC(=O)NC(C)c1ncc[nH]1. The average molecular weight is 153 g/mol. The zero-order chi connectivity index (χ0) is 8.27. The molecular weight excluding hydrogens is 142 g/mol. The highest BCUT2D eigenvalue weighted by Crippen LogP contribution is 2.03. The molecule has 1 unspecified atom stereocenters. The van der Waals surface area contributed by atoms with Crippen LogP contribution in [0.2, 0.25) is 0 Å². The van der Waals surface area contributed by atoms with Crippen LogP contribution in [0, 0.1) is 0 Å². The van der Waals surface area contributed by atoms with Crippen molar-refractivity contribution in [1.82, 2.24) is 15.3 Å². The number of carbonyl (C=O) groups is 1. The third-order valence-electron chi connectivity index (χ3n) is 1.35. The minimum Gasteiger partial charge on any atom is -0.347 e. The molecule has 0 fully saturated rings. The number of rotatable bonds is 2. The monoisotopic (exact) mass is 153 g/mol. The molecule has 1 atom stereocenters. The number of hydrogen-bond acceptors (Lipinski definition) is 2. The van der Waals surface area contributed by atoms with Gasteiger partial charge in [-0.3, -0.25) is 4.79 Å². The van der Waals surface area contributed by atoms with Crippen LogP contribution in [0.1, 0.15) is 25.7 Å². The normalized spacial score (nSPS) is 12.5. The molecule has 1 rings (SSSR count). The Bertz CT molecular complexity index is 230. The molecule has 60 valence electrons. The molecule has 0 bridgehead atoms. The number of imidazole rings is 1. The topological polar surface area (TPSA) is 57.8 Å². The van der Waals surface area contributed by atoms with E-state index in [4.69, 9.17) is 0 Å². The van der Waals surface area contributed by atoms with E-state index >= 15 is 0 Å². The molecule has 1 heterocycles. The maximum atomic E-state index is 10.6. The lowest BCUT2D eigenvalue weighted by Gasteiger charge is -2.08. The third-order valence-corrected chi connectivity index (χ3v) is 1.35. The number of aromatic amines is 1. The van der Waals surface area contributed by atoms with Gasteiger partial charge in [0, 0.05) is 19.3 Å². The van der Waals surface area contributed by atoms with Crippen LogP contribution in [0.5, 0.6) is 0 Å². The summed E-state index contributed by atoms with van der Waals surface area (Å²) in [6.45, 7) is 3.36. The van der Waals surface area contributed by atoms with Crippen LogP contribution in [0.3, 0.4) is 0 Å². The summed E-state index contributed by atoms with van der Waals surface area (Å²) in [4.78, 5) is 17.5. The molecule has 4 heteroatoms. The highest BCUT2D eigenvalue weighted by molar-refractivity contribution is 5.73. The van der Waals surface area contributed by atoms with Crippen molar-refractivity contribution >= 4 is 5.91 Å². The van der Waals surface area contributed by atoms with Crippen molar-refractivity contribution < 1.29 is 4.79 Å². The van der Waals surface area contributed by atoms with E-state index in [1.54, 1.807) is 12.4 Å². The molecule has 2 N–H and O–H groups in total. The van der Waals surface area contributed by atoms with E-state index in [9.17, 15) is 4.79 Å². The molecule has 1 aromatic rings. The summed E-state index contributed by atoms with van der Waals surface area (Å²) in [5.74, 6) is 0.731. The van der Waals surface area contributed by atoms with Crippen LogP contribution in [-0.2, 0) is 4.79 Å². The lowest BCUT2D eigenvalue weighted by molar-refractivity contribution is -0.119. The average Bonchev–Trinajstić information content (AvgIpc) is 2.35. The number of H-pyrrole nitrogens is 1. The Hall–Kier alpha value is -1.32. The number of carbonyl (C=O) groups excluding carboxylic acids is 1. The van der Waals surface area contributed by atoms with E-state index in [1.165, 1.54) is 6.92 Å². The summed E-state index contributed by atoms with van der Waals surface area (Å²) in [6.07, 6.45) is 3.39. The number of hydrogen-bond donors (Lipinski definition) is 2. The van der Waals surface area contributed by atoms with Crippen molar-refractivity contribution in [1.29, 1.82) is 0 Å². The van der Waals surface area contributed by atoms with Crippen LogP contribution in [0.25, 0.3) is 0 Å². The Kier molecular flexibility index (Phi) is 2.25. The van der Waals surface area contributed by atoms with Crippen LogP contribution in [0.4, 0.5) is 0 Å². The second kappa shape index (κ2) is 3.18. The van der Waals surface area contributed by atoms with E-state index in [-0.39, 0.29) is 11.9 Å². The van der Waals surface area contributed by atoms with Gasteiger partial charge in [0.15, 0.2) is 0 Å². The van der Waals surface area contributed by atoms with Crippen LogP contribution in [0.15, 0.2) is 12.4 Å². The molecule has 0 aliphatic rings. The fourth-order valence-electron chi connectivity index (χ4n) is 0.888. The van der Waals surface area contributed by atoms with Gasteiger partial charge >= 0.3 is 0 Å². The van der Waals surface area contributed by atoms with Crippen LogP contribution in [-0.4, -0.2) is 15.9 Å². The van der Waals surface area contributed by atoms with E-state index in [1.807, 2.05) is 6.92 Å². The minimum atomic E-state index is -0.0473. The molecule has 0 aromatic carbocycles. The summed E-state index contributed by atoms with van der Waals surface area (Å²) >= 11 is 0. The van der Waals surface area contributed by atoms with Gasteiger partial charge in [-0.15, -0.1) is 0 Å². The fourth-order valence-corrected chi connectivity index (χ4v) is 0.888. The molecule has 0 radical (unpaired) electrons. The van der Waals surface area contributed by atoms with Gasteiger partial charge in [0.1, 0.15) is 5.82 Å². The lowest BCUT2D eigenvalue weighted by Crippen LogP contribution is -2.24. The second-order valence-corrected chi connectivity index (χ2v) is 2.40. The lowest BCUT2D eigenvalue weighted by atomic mass is 10.3. The molecule has 0 spiro atoms. The number of amides is 1. The van der Waals surface area contributed by atoms with Gasteiger partial charge in [0.25, 0.3) is 0 Å². The Morgan fingerprint density at radius 1 is 1.82 bits per heavy atom. The van der Waals surface area contributed by atoms with E-state index < -0.39 is 0 Å². The first-order valence-electron chi connectivity index (χ1n) is 3.46. The predicted molar refractivity (Wildman–Crippen MR) is 40.8 cm³/mol. The minimum absolute atomic E-state index is 0.0394. The summed E-state index contributed by atoms with van der Waals surface area (Å²) in [7, 11) is 0. The predicted octanol–water partition coefficient (Wildman–Crippen LogP) is 0.607. The molecule has 4 nitrogen and oxygen atoms in total. The van der Waals surface area contributed by atoms with Crippen molar-refractivity contribution in [2.24, 2.45) is 0 Å². The Morgan fingerprint density at radius 2 is 2.55 bits per heavy atom. The number of nitrogens with one attached hydrogen (secondary N) is 2. The first kappa shape index (κ1) is 7.78. The smallest absolute Gasteiger partial charge is 0.217 e. The highest BCUT2D eigenvalue weighted by atomic mass is 16.1. The summed E-state index contributed by atoms with van der Waals surface area (Å²) < 4.78 is 0. The summed E-state index contributed by atoms with van der Waals surface area (Å²) in [6, 6.07) is -0.0394. The van der Waals surface area contributed by atoms with Crippen LogP contribution < -0.4 is 5.32 Å². The van der Waals surface area contributed by atoms with Gasteiger partial charge < -0.3 is 10.3 Å². The third kappa shape index (κ3) is 2.07. The van der Waals surface area contributed by atoms with E-state index in [0.29, 0.717) is 0 Å². The summed E-state index contributed by atoms with van der Waals surface area (Å²) in [5, 5.41) is 2.71. The van der Waals surface area contributed by atoms with Gasteiger partial charge in [-0.25, -0.2) is 4.98 Å². The fraction of sp³-hybridized carbons (Fsp3) is 0.429. The molecule has 0 saturated carbocycles. The van der Waals surface area contributed by atoms with Crippen LogP contribution >= 0.6 is 0 Å². The molecule has 0 saturated heterocycles. The molecule has 1 amide bonds. The van der Waals surface area contributed by atoms with E-state index in [2.05, 4.69) is 15.3 Å². The Labute approximate surface area is 65.0 Å². The molecule has 0 aliphatic heterocycles. The number of aromatic nitrogens is 2. The molecule has 1 aromatic heterocycles. The largest absolute Gasteiger partial charge is 0.347 e. The quantitative estimate of drug-likeness (QED) is 0.653. The zero-order valence-corrected chi connectivity index (χ0v) is 6.59. The second-order valence-electron chi connectivity index (χ2n) is 2.40. The maximum absolute atomic E-state index is 10.6. The molecule has 11 heavy (non-hydrogen) atoms. The van der Waals surface area contributed by atoms with Crippen molar-refractivity contribution in [3.8, 4) is 0 Å². The first-order valence-corrected chi connectivity index (χ1v) is 3.46. The van der Waals surface area contributed by atoms with Gasteiger partial charge in [-0.05, 0) is 6.92 Å².